The maximum Gasteiger partial charge on any atom is 0.159 e. The summed E-state index contributed by atoms with van der Waals surface area (Å²) >= 11 is 0. The summed E-state index contributed by atoms with van der Waals surface area (Å²) in [6, 6.07) is 46.1. The first-order valence-corrected chi connectivity index (χ1v) is 16.5. The Kier molecular flexibility index (Phi) is 8.14. The van der Waals surface area contributed by atoms with Crippen LogP contribution in [0.2, 0.25) is 0 Å². The molecule has 0 spiro atoms. The first kappa shape index (κ1) is 31.4. The molecular formula is C44H30N4O3. The zero-order valence-corrected chi connectivity index (χ0v) is 27.9. The SMILES string of the molecule is CC(=O)c1ccc(-c2nc3cc(Oc4ccc5nc(-c6ccccc6)c(-c6ccc(C(C)=O)cc6)nc5c4)ccc3nc2-c2ccccc2)cc1. The number of Topliss-reactive ketones (excluding diaryl/α,β-unsaturated/α-hetero) is 2. The van der Waals surface area contributed by atoms with Gasteiger partial charge < -0.3 is 4.74 Å². The summed E-state index contributed by atoms with van der Waals surface area (Å²) in [7, 11) is 0. The fraction of sp³-hybridized carbons (Fsp3) is 0.0455. The van der Waals surface area contributed by atoms with Crippen molar-refractivity contribution >= 4 is 33.6 Å². The normalized spacial score (nSPS) is 11.1. The van der Waals surface area contributed by atoms with Crippen LogP contribution in [0.3, 0.4) is 0 Å². The van der Waals surface area contributed by atoms with Gasteiger partial charge in [0.05, 0.1) is 44.8 Å². The zero-order chi connectivity index (χ0) is 34.9. The smallest absolute Gasteiger partial charge is 0.159 e. The Morgan fingerprint density at radius 1 is 0.392 bits per heavy atom. The first-order valence-electron chi connectivity index (χ1n) is 16.5. The summed E-state index contributed by atoms with van der Waals surface area (Å²) in [6.45, 7) is 3.11. The molecule has 0 bridgehead atoms. The third kappa shape index (κ3) is 6.36. The van der Waals surface area contributed by atoms with Gasteiger partial charge in [-0.15, -0.1) is 0 Å². The van der Waals surface area contributed by atoms with Crippen LogP contribution >= 0.6 is 0 Å². The Morgan fingerprint density at radius 3 is 1.08 bits per heavy atom. The molecule has 7 nitrogen and oxygen atoms in total. The molecule has 0 saturated heterocycles. The number of benzene rings is 6. The first-order chi connectivity index (χ1) is 24.9. The average molecular weight is 663 g/mol. The van der Waals surface area contributed by atoms with Gasteiger partial charge in [-0.1, -0.05) is 109 Å². The highest BCUT2D eigenvalue weighted by molar-refractivity contribution is 5.96. The summed E-state index contributed by atoms with van der Waals surface area (Å²) in [5.74, 6) is 1.20. The van der Waals surface area contributed by atoms with Crippen molar-refractivity contribution in [3.05, 3.63) is 157 Å². The van der Waals surface area contributed by atoms with Crippen LogP contribution in [-0.2, 0) is 0 Å². The van der Waals surface area contributed by atoms with Gasteiger partial charge in [-0.05, 0) is 38.1 Å². The molecule has 0 unspecified atom stereocenters. The number of aromatic nitrogens is 4. The summed E-state index contributed by atoms with van der Waals surface area (Å²) in [6.07, 6.45) is 0. The van der Waals surface area contributed by atoms with E-state index < -0.39 is 0 Å². The third-order valence-corrected chi connectivity index (χ3v) is 8.73. The van der Waals surface area contributed by atoms with E-state index in [4.69, 9.17) is 24.7 Å². The van der Waals surface area contributed by atoms with Crippen LogP contribution in [0.4, 0.5) is 0 Å². The summed E-state index contributed by atoms with van der Waals surface area (Å²) in [5, 5.41) is 0. The molecule has 2 heterocycles. The summed E-state index contributed by atoms with van der Waals surface area (Å²) < 4.78 is 6.39. The standard InChI is InChI=1S/C44H30N4O3/c1-27(49)29-13-17-33(18-14-29)43-41(31-9-5-3-6-10-31)45-37-23-21-35(25-39(37)47-43)51-36-22-24-38-40(26-36)48-44(34-19-15-30(16-20-34)28(2)50)42(46-38)32-11-7-4-8-12-32/h3-26H,1-2H3. The number of ketones is 2. The molecule has 0 radical (unpaired) electrons. The lowest BCUT2D eigenvalue weighted by Gasteiger charge is -2.13. The van der Waals surface area contributed by atoms with Gasteiger partial charge in [-0.3, -0.25) is 9.59 Å². The highest BCUT2D eigenvalue weighted by Crippen LogP contribution is 2.35. The molecule has 51 heavy (non-hydrogen) atoms. The fourth-order valence-corrected chi connectivity index (χ4v) is 6.05. The quantitative estimate of drug-likeness (QED) is 0.149. The van der Waals surface area contributed by atoms with Crippen molar-refractivity contribution in [2.24, 2.45) is 0 Å². The minimum absolute atomic E-state index is 0.00655. The molecule has 244 valence electrons. The molecule has 0 aliphatic carbocycles. The molecule has 8 aromatic rings. The predicted octanol–water partition coefficient (Wildman–Crippen LogP) is 10.4. The molecular weight excluding hydrogens is 633 g/mol. The second kappa shape index (κ2) is 13.2. The van der Waals surface area contributed by atoms with Crippen LogP contribution in [0, 0.1) is 0 Å². The lowest BCUT2D eigenvalue weighted by atomic mass is 10.0. The highest BCUT2D eigenvalue weighted by Gasteiger charge is 2.17. The molecule has 0 aliphatic heterocycles. The summed E-state index contributed by atoms with van der Waals surface area (Å²) in [5.41, 5.74) is 10.6. The van der Waals surface area contributed by atoms with Gasteiger partial charge in [0.25, 0.3) is 0 Å². The molecule has 0 N–H and O–H groups in total. The minimum atomic E-state index is 0.00655. The van der Waals surface area contributed by atoms with E-state index in [0.29, 0.717) is 45.0 Å². The Morgan fingerprint density at radius 2 is 0.725 bits per heavy atom. The van der Waals surface area contributed by atoms with Crippen molar-refractivity contribution in [2.75, 3.05) is 0 Å². The van der Waals surface area contributed by atoms with Crippen LogP contribution < -0.4 is 4.74 Å². The van der Waals surface area contributed by atoms with Gasteiger partial charge in [0.2, 0.25) is 0 Å². The molecule has 0 saturated carbocycles. The number of fused-ring (bicyclic) bond motifs is 2. The van der Waals surface area contributed by atoms with Crippen LogP contribution in [0.5, 0.6) is 11.5 Å². The Balaban J connectivity index is 1.18. The van der Waals surface area contributed by atoms with Crippen LogP contribution in [0.15, 0.2) is 146 Å². The fourth-order valence-electron chi connectivity index (χ4n) is 6.05. The largest absolute Gasteiger partial charge is 0.457 e. The molecule has 6 aromatic carbocycles. The Hall–Kier alpha value is -6.86. The molecule has 8 rings (SSSR count). The number of nitrogens with zero attached hydrogens (tertiary/aromatic N) is 4. The van der Waals surface area contributed by atoms with Gasteiger partial charge in [-0.25, -0.2) is 19.9 Å². The molecule has 0 aliphatic rings. The minimum Gasteiger partial charge on any atom is -0.457 e. The second-order valence-corrected chi connectivity index (χ2v) is 12.2. The van der Waals surface area contributed by atoms with E-state index in [9.17, 15) is 9.59 Å². The van der Waals surface area contributed by atoms with Crippen LogP contribution in [-0.4, -0.2) is 31.5 Å². The predicted molar refractivity (Wildman–Crippen MR) is 201 cm³/mol. The van der Waals surface area contributed by atoms with E-state index in [1.54, 1.807) is 13.8 Å². The zero-order valence-electron chi connectivity index (χ0n) is 27.9. The summed E-state index contributed by atoms with van der Waals surface area (Å²) in [4.78, 5) is 44.1. The second-order valence-electron chi connectivity index (χ2n) is 12.2. The van der Waals surface area contributed by atoms with Gasteiger partial charge >= 0.3 is 0 Å². The van der Waals surface area contributed by atoms with Gasteiger partial charge in [0.15, 0.2) is 11.6 Å². The van der Waals surface area contributed by atoms with Crippen LogP contribution in [0.1, 0.15) is 34.6 Å². The molecule has 0 fully saturated rings. The maximum atomic E-state index is 11.9. The van der Waals surface area contributed by atoms with Crippen molar-refractivity contribution in [1.29, 1.82) is 0 Å². The van der Waals surface area contributed by atoms with E-state index in [2.05, 4.69) is 0 Å². The topological polar surface area (TPSA) is 94.9 Å². The van der Waals surface area contributed by atoms with Crippen molar-refractivity contribution < 1.29 is 14.3 Å². The number of carbonyl (C=O) groups excluding carboxylic acids is 2. The average Bonchev–Trinajstić information content (AvgIpc) is 3.17. The number of carbonyl (C=O) groups is 2. The van der Waals surface area contributed by atoms with E-state index in [-0.39, 0.29) is 11.6 Å². The Labute approximate surface area is 294 Å². The van der Waals surface area contributed by atoms with Gasteiger partial charge in [-0.2, -0.15) is 0 Å². The van der Waals surface area contributed by atoms with Crippen LogP contribution in [0.25, 0.3) is 67.1 Å². The molecule has 7 heteroatoms. The van der Waals surface area contributed by atoms with Gasteiger partial charge in [0, 0.05) is 45.5 Å². The highest BCUT2D eigenvalue weighted by atomic mass is 16.5. The monoisotopic (exact) mass is 662 g/mol. The van der Waals surface area contributed by atoms with E-state index in [1.807, 2.05) is 146 Å². The van der Waals surface area contributed by atoms with Crippen molar-refractivity contribution in [3.8, 4) is 56.5 Å². The molecule has 0 atom stereocenters. The Bertz CT molecular complexity index is 2400. The number of hydrogen-bond donors (Lipinski definition) is 0. The number of rotatable bonds is 8. The molecule has 2 aromatic heterocycles. The third-order valence-electron chi connectivity index (χ3n) is 8.73. The lowest BCUT2D eigenvalue weighted by Crippen LogP contribution is -1.98. The van der Waals surface area contributed by atoms with E-state index >= 15 is 0 Å². The van der Waals surface area contributed by atoms with E-state index in [1.165, 1.54) is 0 Å². The number of hydrogen-bond acceptors (Lipinski definition) is 7. The maximum absolute atomic E-state index is 11.9. The lowest BCUT2D eigenvalue weighted by molar-refractivity contribution is 0.100. The van der Waals surface area contributed by atoms with E-state index in [0.717, 1.165) is 44.7 Å². The van der Waals surface area contributed by atoms with Crippen molar-refractivity contribution in [2.45, 2.75) is 13.8 Å². The van der Waals surface area contributed by atoms with Crippen molar-refractivity contribution in [1.82, 2.24) is 19.9 Å². The van der Waals surface area contributed by atoms with Gasteiger partial charge in [0.1, 0.15) is 11.5 Å². The number of ether oxygens (including phenoxy) is 1. The molecule has 0 amide bonds. The van der Waals surface area contributed by atoms with Crippen molar-refractivity contribution in [3.63, 3.8) is 0 Å².